The molecule has 0 unspecified atom stereocenters. The number of nitrogens with zero attached hydrogens (tertiary/aromatic N) is 3. The highest BCUT2D eigenvalue weighted by Gasteiger charge is 2.04. The van der Waals surface area contributed by atoms with E-state index in [9.17, 15) is 0 Å². The van der Waals surface area contributed by atoms with E-state index < -0.39 is 0 Å². The molecule has 0 saturated heterocycles. The van der Waals surface area contributed by atoms with E-state index >= 15 is 0 Å². The number of hydrogen-bond donors (Lipinski definition) is 2. The average molecular weight is 187 g/mol. The molecule has 1 heterocycles. The molecule has 0 saturated carbocycles. The topological polar surface area (TPSA) is 68.8 Å². The predicted octanol–water partition coefficient (Wildman–Crippen LogP) is -0.291. The largest absolute Gasteiger partial charge is 0.368 e. The van der Waals surface area contributed by atoms with Crippen LogP contribution in [0.3, 0.4) is 0 Å². The van der Waals surface area contributed by atoms with Gasteiger partial charge in [0.2, 0.25) is 5.95 Å². The third kappa shape index (κ3) is 2.12. The Labute approximate surface area is 75.7 Å². The lowest BCUT2D eigenvalue weighted by molar-refractivity contribution is 0.792. The van der Waals surface area contributed by atoms with Crippen molar-refractivity contribution in [2.24, 2.45) is 7.05 Å². The molecule has 1 rings (SSSR count). The van der Waals surface area contributed by atoms with Crippen LogP contribution < -0.4 is 11.1 Å². The van der Waals surface area contributed by atoms with Crippen molar-refractivity contribution in [2.45, 2.75) is 5.16 Å². The fourth-order valence-corrected chi connectivity index (χ4v) is 1.57. The third-order valence-corrected chi connectivity index (χ3v) is 2.47. The van der Waals surface area contributed by atoms with E-state index in [4.69, 9.17) is 5.73 Å². The summed E-state index contributed by atoms with van der Waals surface area (Å²) in [6.07, 6.45) is 0. The molecule has 12 heavy (non-hydrogen) atoms. The first-order chi connectivity index (χ1) is 5.75. The number of hydrogen-bond acceptors (Lipinski definition) is 5. The number of nitrogens with one attached hydrogen (secondary N) is 1. The number of anilines is 1. The minimum Gasteiger partial charge on any atom is -0.368 e. The molecule has 0 amide bonds. The zero-order valence-electron chi connectivity index (χ0n) is 7.24. The normalized spacial score (nSPS) is 10.5. The molecule has 0 aliphatic rings. The number of nitrogens with two attached hydrogens (primary N) is 1. The van der Waals surface area contributed by atoms with Gasteiger partial charge in [-0.25, -0.2) is 0 Å². The second-order valence-corrected chi connectivity index (χ2v) is 3.41. The van der Waals surface area contributed by atoms with Crippen LogP contribution in [0.4, 0.5) is 5.95 Å². The van der Waals surface area contributed by atoms with E-state index in [0.29, 0.717) is 5.95 Å². The van der Waals surface area contributed by atoms with Gasteiger partial charge in [0, 0.05) is 19.3 Å². The molecule has 0 fully saturated rings. The SMILES string of the molecule is CNCCSc1nnc(N)n1C. The maximum Gasteiger partial charge on any atom is 0.222 e. The summed E-state index contributed by atoms with van der Waals surface area (Å²) >= 11 is 1.64. The number of rotatable bonds is 4. The minimum absolute atomic E-state index is 0.460. The molecule has 1 aromatic rings. The Morgan fingerprint density at radius 2 is 2.33 bits per heavy atom. The molecule has 0 aliphatic heterocycles. The van der Waals surface area contributed by atoms with Gasteiger partial charge >= 0.3 is 0 Å². The number of aromatic nitrogens is 3. The molecule has 68 valence electrons. The molecule has 0 aliphatic carbocycles. The summed E-state index contributed by atoms with van der Waals surface area (Å²) in [5, 5.41) is 11.6. The van der Waals surface area contributed by atoms with Gasteiger partial charge in [-0.15, -0.1) is 10.2 Å². The first-order valence-corrected chi connectivity index (χ1v) is 4.66. The maximum atomic E-state index is 5.51. The lowest BCUT2D eigenvalue weighted by atomic mass is 10.8. The lowest BCUT2D eigenvalue weighted by Crippen LogP contribution is -2.10. The highest BCUT2D eigenvalue weighted by Crippen LogP contribution is 2.14. The Balaban J connectivity index is 2.46. The number of nitrogen functional groups attached to an aromatic ring is 1. The van der Waals surface area contributed by atoms with Crippen molar-refractivity contribution in [3.63, 3.8) is 0 Å². The molecule has 0 radical (unpaired) electrons. The molecule has 0 aromatic carbocycles. The Hall–Kier alpha value is -0.750. The summed E-state index contributed by atoms with van der Waals surface area (Å²) < 4.78 is 1.78. The quantitative estimate of drug-likeness (QED) is 0.501. The van der Waals surface area contributed by atoms with Gasteiger partial charge in [0.1, 0.15) is 0 Å². The summed E-state index contributed by atoms with van der Waals surface area (Å²) in [5.74, 6) is 1.43. The standard InChI is InChI=1S/C6H13N5S/c1-8-3-4-12-6-10-9-5(7)11(6)2/h8H,3-4H2,1-2H3,(H2,7,9). The van der Waals surface area contributed by atoms with Crippen molar-refractivity contribution in [1.29, 1.82) is 0 Å². The summed E-state index contributed by atoms with van der Waals surface area (Å²) in [4.78, 5) is 0. The van der Waals surface area contributed by atoms with Crippen molar-refractivity contribution >= 4 is 17.7 Å². The van der Waals surface area contributed by atoms with Gasteiger partial charge in [-0.05, 0) is 7.05 Å². The van der Waals surface area contributed by atoms with Crippen molar-refractivity contribution < 1.29 is 0 Å². The first-order valence-electron chi connectivity index (χ1n) is 3.68. The van der Waals surface area contributed by atoms with Gasteiger partial charge in [0.05, 0.1) is 0 Å². The molecule has 3 N–H and O–H groups in total. The van der Waals surface area contributed by atoms with Crippen LogP contribution in [0.15, 0.2) is 5.16 Å². The monoisotopic (exact) mass is 187 g/mol. The van der Waals surface area contributed by atoms with Crippen LogP contribution in [0.5, 0.6) is 0 Å². The second kappa shape index (κ2) is 4.32. The zero-order chi connectivity index (χ0) is 8.97. The first kappa shape index (κ1) is 9.34. The fraction of sp³-hybridized carbons (Fsp3) is 0.667. The molecule has 0 spiro atoms. The van der Waals surface area contributed by atoms with Gasteiger partial charge < -0.3 is 11.1 Å². The molecule has 0 bridgehead atoms. The van der Waals surface area contributed by atoms with E-state index in [0.717, 1.165) is 17.5 Å². The van der Waals surface area contributed by atoms with E-state index in [1.165, 1.54) is 0 Å². The van der Waals surface area contributed by atoms with Crippen LogP contribution in [-0.4, -0.2) is 34.1 Å². The predicted molar refractivity (Wildman–Crippen MR) is 50.1 cm³/mol. The van der Waals surface area contributed by atoms with E-state index in [1.807, 2.05) is 14.1 Å². The van der Waals surface area contributed by atoms with Crippen LogP contribution in [0.2, 0.25) is 0 Å². The van der Waals surface area contributed by atoms with Crippen molar-refractivity contribution in [3.05, 3.63) is 0 Å². The molecule has 5 nitrogen and oxygen atoms in total. The Kier molecular flexibility index (Phi) is 3.36. The summed E-state index contributed by atoms with van der Waals surface area (Å²) in [6, 6.07) is 0. The van der Waals surface area contributed by atoms with Crippen LogP contribution in [-0.2, 0) is 7.05 Å². The maximum absolute atomic E-state index is 5.51. The van der Waals surface area contributed by atoms with Gasteiger partial charge in [-0.2, -0.15) is 0 Å². The van der Waals surface area contributed by atoms with Crippen LogP contribution in [0.1, 0.15) is 0 Å². The zero-order valence-corrected chi connectivity index (χ0v) is 8.06. The van der Waals surface area contributed by atoms with Gasteiger partial charge in [-0.1, -0.05) is 11.8 Å². The summed E-state index contributed by atoms with van der Waals surface area (Å²) in [6.45, 7) is 0.956. The van der Waals surface area contributed by atoms with Gasteiger partial charge in [-0.3, -0.25) is 4.57 Å². The summed E-state index contributed by atoms with van der Waals surface area (Å²) in [7, 11) is 3.78. The summed E-state index contributed by atoms with van der Waals surface area (Å²) in [5.41, 5.74) is 5.51. The number of thioether (sulfide) groups is 1. The minimum atomic E-state index is 0.460. The van der Waals surface area contributed by atoms with Gasteiger partial charge in [0.15, 0.2) is 5.16 Å². The Morgan fingerprint density at radius 3 is 2.83 bits per heavy atom. The molecular weight excluding hydrogens is 174 g/mol. The second-order valence-electron chi connectivity index (χ2n) is 2.35. The molecule has 0 atom stereocenters. The average Bonchev–Trinajstić information content (AvgIpc) is 2.36. The third-order valence-electron chi connectivity index (χ3n) is 1.45. The Morgan fingerprint density at radius 1 is 1.58 bits per heavy atom. The highest BCUT2D eigenvalue weighted by atomic mass is 32.2. The molecule has 6 heteroatoms. The van der Waals surface area contributed by atoms with Gasteiger partial charge in [0.25, 0.3) is 0 Å². The van der Waals surface area contributed by atoms with E-state index in [-0.39, 0.29) is 0 Å². The molecule has 1 aromatic heterocycles. The fourth-order valence-electron chi connectivity index (χ4n) is 0.696. The molecular formula is C6H13N5S. The smallest absolute Gasteiger partial charge is 0.222 e. The van der Waals surface area contributed by atoms with Crippen molar-refractivity contribution in [1.82, 2.24) is 20.1 Å². The van der Waals surface area contributed by atoms with Crippen molar-refractivity contribution in [2.75, 3.05) is 25.1 Å². The van der Waals surface area contributed by atoms with Crippen LogP contribution >= 0.6 is 11.8 Å². The Bertz CT molecular complexity index is 246. The van der Waals surface area contributed by atoms with Crippen LogP contribution in [0.25, 0.3) is 0 Å². The van der Waals surface area contributed by atoms with Crippen LogP contribution in [0, 0.1) is 0 Å². The van der Waals surface area contributed by atoms with E-state index in [1.54, 1.807) is 16.3 Å². The van der Waals surface area contributed by atoms with Crippen molar-refractivity contribution in [3.8, 4) is 0 Å². The van der Waals surface area contributed by atoms with E-state index in [2.05, 4.69) is 15.5 Å². The highest BCUT2D eigenvalue weighted by molar-refractivity contribution is 7.99. The lowest BCUT2D eigenvalue weighted by Gasteiger charge is -1.99.